The van der Waals surface area contributed by atoms with E-state index in [0.29, 0.717) is 17.1 Å². The number of hydrogen-bond donors (Lipinski definition) is 1. The molecule has 208 valence electrons. The van der Waals surface area contributed by atoms with Crippen molar-refractivity contribution in [2.75, 3.05) is 23.7 Å². The summed E-state index contributed by atoms with van der Waals surface area (Å²) in [6.45, 7) is 1.78. The first-order valence-electron chi connectivity index (χ1n) is 12.7. The summed E-state index contributed by atoms with van der Waals surface area (Å²) < 4.78 is 40.8. The number of carbonyl (C=O) groups excluding carboxylic acids is 2. The molecule has 1 atom stereocenters. The van der Waals surface area contributed by atoms with E-state index in [-0.39, 0.29) is 24.6 Å². The van der Waals surface area contributed by atoms with Crippen LogP contribution in [0.5, 0.6) is 0 Å². The molecule has 0 saturated heterocycles. The summed E-state index contributed by atoms with van der Waals surface area (Å²) in [7, 11) is -4.04. The molecule has 1 N–H and O–H groups in total. The van der Waals surface area contributed by atoms with Crippen LogP contribution in [0.3, 0.4) is 0 Å². The van der Waals surface area contributed by atoms with Crippen molar-refractivity contribution < 1.29 is 22.4 Å². The van der Waals surface area contributed by atoms with E-state index in [1.165, 1.54) is 23.1 Å². The van der Waals surface area contributed by atoms with Gasteiger partial charge in [-0.2, -0.15) is 0 Å². The molecule has 0 unspecified atom stereocenters. The van der Waals surface area contributed by atoms with Crippen molar-refractivity contribution >= 4 is 39.1 Å². The van der Waals surface area contributed by atoms with E-state index >= 15 is 0 Å². The second kappa shape index (κ2) is 14.1. The fourth-order valence-corrected chi connectivity index (χ4v) is 5.07. The molecule has 0 aromatic heterocycles. The van der Waals surface area contributed by atoms with Gasteiger partial charge in [-0.05, 0) is 41.8 Å². The van der Waals surface area contributed by atoms with Gasteiger partial charge in [0.1, 0.15) is 18.4 Å². The monoisotopic (exact) mass is 573 g/mol. The number of amides is 2. The molecular weight excluding hydrogens is 541 g/mol. The van der Waals surface area contributed by atoms with Crippen LogP contribution in [-0.4, -0.2) is 50.5 Å². The molecule has 0 aliphatic heterocycles. The van der Waals surface area contributed by atoms with Crippen LogP contribution in [0.25, 0.3) is 0 Å². The van der Waals surface area contributed by atoms with E-state index in [1.54, 1.807) is 24.3 Å². The zero-order valence-corrected chi connectivity index (χ0v) is 23.6. The van der Waals surface area contributed by atoms with Gasteiger partial charge < -0.3 is 10.2 Å². The Hall–Kier alpha value is -3.43. The number of hydrogen-bond acceptors (Lipinski definition) is 4. The van der Waals surface area contributed by atoms with Gasteiger partial charge in [-0.15, -0.1) is 0 Å². The van der Waals surface area contributed by atoms with E-state index in [9.17, 15) is 22.4 Å². The highest BCUT2D eigenvalue weighted by Gasteiger charge is 2.33. The maximum absolute atomic E-state index is 14.6. The lowest BCUT2D eigenvalue weighted by molar-refractivity contribution is -0.140. The first-order valence-corrected chi connectivity index (χ1v) is 14.9. The molecule has 10 heteroatoms. The summed E-state index contributed by atoms with van der Waals surface area (Å²) in [4.78, 5) is 28.8. The van der Waals surface area contributed by atoms with Gasteiger partial charge in [0.25, 0.3) is 0 Å². The zero-order valence-electron chi connectivity index (χ0n) is 22.0. The van der Waals surface area contributed by atoms with Crippen molar-refractivity contribution in [1.29, 1.82) is 0 Å². The van der Waals surface area contributed by atoms with E-state index < -0.39 is 34.3 Å². The fourth-order valence-electron chi connectivity index (χ4n) is 4.10. The van der Waals surface area contributed by atoms with Gasteiger partial charge >= 0.3 is 0 Å². The average molecular weight is 574 g/mol. The van der Waals surface area contributed by atoms with Gasteiger partial charge in [-0.1, -0.05) is 79.5 Å². The second-order valence-electron chi connectivity index (χ2n) is 9.22. The van der Waals surface area contributed by atoms with Gasteiger partial charge in [0.15, 0.2) is 0 Å². The number of nitrogens with one attached hydrogen (secondary N) is 1. The van der Waals surface area contributed by atoms with Crippen LogP contribution in [0, 0.1) is 5.82 Å². The number of nitrogens with zero attached hydrogens (tertiary/aromatic N) is 2. The lowest BCUT2D eigenvalue weighted by Crippen LogP contribution is -2.53. The summed E-state index contributed by atoms with van der Waals surface area (Å²) >= 11 is 6.05. The first kappa shape index (κ1) is 30.1. The molecule has 0 aliphatic rings. The molecule has 0 fully saturated rings. The summed E-state index contributed by atoms with van der Waals surface area (Å²) in [6, 6.07) is 20.5. The van der Waals surface area contributed by atoms with Crippen molar-refractivity contribution in [3.05, 3.63) is 101 Å². The van der Waals surface area contributed by atoms with E-state index in [2.05, 4.69) is 5.32 Å². The van der Waals surface area contributed by atoms with Gasteiger partial charge in [-0.3, -0.25) is 13.9 Å². The smallest absolute Gasteiger partial charge is 0.244 e. The summed E-state index contributed by atoms with van der Waals surface area (Å²) in [5, 5.41) is 3.42. The molecule has 3 rings (SSSR count). The highest BCUT2D eigenvalue weighted by molar-refractivity contribution is 7.92. The van der Waals surface area contributed by atoms with Crippen molar-refractivity contribution in [3.8, 4) is 0 Å². The lowest BCUT2D eigenvalue weighted by atomic mass is 10.0. The number of unbranched alkanes of at least 4 members (excludes halogenated alkanes) is 1. The highest BCUT2D eigenvalue weighted by atomic mass is 35.5. The maximum atomic E-state index is 14.6. The number of carbonyl (C=O) groups is 2. The topological polar surface area (TPSA) is 86.8 Å². The Morgan fingerprint density at radius 1 is 0.949 bits per heavy atom. The molecule has 3 aromatic rings. The second-order valence-corrected chi connectivity index (χ2v) is 11.6. The van der Waals surface area contributed by atoms with E-state index in [0.717, 1.165) is 35.0 Å². The maximum Gasteiger partial charge on any atom is 0.244 e. The highest BCUT2D eigenvalue weighted by Crippen LogP contribution is 2.23. The predicted molar refractivity (Wildman–Crippen MR) is 152 cm³/mol. The lowest BCUT2D eigenvalue weighted by Gasteiger charge is -2.33. The van der Waals surface area contributed by atoms with E-state index in [4.69, 9.17) is 11.6 Å². The number of para-hydroxylation sites is 1. The molecule has 0 radical (unpaired) electrons. The fraction of sp³-hybridized carbons (Fsp3) is 0.310. The molecule has 3 aromatic carbocycles. The molecule has 39 heavy (non-hydrogen) atoms. The third kappa shape index (κ3) is 8.80. The normalized spacial score (nSPS) is 12.0. The molecule has 0 heterocycles. The van der Waals surface area contributed by atoms with E-state index in [1.807, 2.05) is 37.3 Å². The Labute approximate surface area is 234 Å². The molecule has 7 nitrogen and oxygen atoms in total. The minimum absolute atomic E-state index is 0.0174. The van der Waals surface area contributed by atoms with Crippen LogP contribution < -0.4 is 9.62 Å². The standard InChI is InChI=1S/C29H33ClFN3O4S/c1-3-4-18-32-29(36)27(19-22-10-6-5-7-11-22)33(20-23-14-16-24(30)17-15-23)28(35)21-34(39(2,37)38)26-13-9-8-12-25(26)31/h5-17,27H,3-4,18-21H2,1-2H3,(H,32,36)/t27-/m0/s1. The van der Waals surface area contributed by atoms with Crippen molar-refractivity contribution in [3.63, 3.8) is 0 Å². The number of sulfonamides is 1. The molecular formula is C29H33ClFN3O4S. The zero-order chi connectivity index (χ0) is 28.4. The summed E-state index contributed by atoms with van der Waals surface area (Å²) in [6.07, 6.45) is 2.76. The average Bonchev–Trinajstić information content (AvgIpc) is 2.91. The van der Waals surface area contributed by atoms with Crippen LogP contribution in [0.2, 0.25) is 5.02 Å². The van der Waals surface area contributed by atoms with Gasteiger partial charge in [0.2, 0.25) is 21.8 Å². The quantitative estimate of drug-likeness (QED) is 0.298. The minimum Gasteiger partial charge on any atom is -0.354 e. The summed E-state index contributed by atoms with van der Waals surface area (Å²) in [5.41, 5.74) is 1.28. The van der Waals surface area contributed by atoms with Gasteiger partial charge in [-0.25, -0.2) is 12.8 Å². The van der Waals surface area contributed by atoms with Crippen molar-refractivity contribution in [2.45, 2.75) is 38.8 Å². The van der Waals surface area contributed by atoms with Gasteiger partial charge in [0, 0.05) is 24.5 Å². The van der Waals surface area contributed by atoms with Crippen LogP contribution in [0.1, 0.15) is 30.9 Å². The van der Waals surface area contributed by atoms with Crippen LogP contribution in [0.4, 0.5) is 10.1 Å². The van der Waals surface area contributed by atoms with Crippen molar-refractivity contribution in [2.24, 2.45) is 0 Å². The number of anilines is 1. The first-order chi connectivity index (χ1) is 18.6. The SMILES string of the molecule is CCCCNC(=O)[C@H](Cc1ccccc1)N(Cc1ccc(Cl)cc1)C(=O)CN(c1ccccc1F)S(C)(=O)=O. The molecule has 2 amide bonds. The Morgan fingerprint density at radius 2 is 1.59 bits per heavy atom. The van der Waals surface area contributed by atoms with Crippen molar-refractivity contribution in [1.82, 2.24) is 10.2 Å². The number of benzene rings is 3. The molecule has 0 saturated carbocycles. The predicted octanol–water partition coefficient (Wildman–Crippen LogP) is 4.80. The molecule has 0 aliphatic carbocycles. The largest absolute Gasteiger partial charge is 0.354 e. The van der Waals surface area contributed by atoms with Crippen LogP contribution in [-0.2, 0) is 32.6 Å². The molecule has 0 bridgehead atoms. The number of halogens is 2. The molecule has 0 spiro atoms. The third-order valence-corrected chi connectivity index (χ3v) is 7.55. The Bertz CT molecular complexity index is 1350. The minimum atomic E-state index is -4.04. The number of rotatable bonds is 13. The van der Waals surface area contributed by atoms with Crippen LogP contribution in [0.15, 0.2) is 78.9 Å². The summed E-state index contributed by atoms with van der Waals surface area (Å²) in [5.74, 6) is -1.78. The van der Waals surface area contributed by atoms with Gasteiger partial charge in [0.05, 0.1) is 11.9 Å². The Kier molecular flexibility index (Phi) is 10.9. The third-order valence-electron chi connectivity index (χ3n) is 6.17. The van der Waals surface area contributed by atoms with Crippen LogP contribution >= 0.6 is 11.6 Å². The Morgan fingerprint density at radius 3 is 2.21 bits per heavy atom. The Balaban J connectivity index is 2.03.